The molecular formula is C26H34N2. The molecule has 2 aromatic rings. The van der Waals surface area contributed by atoms with E-state index in [1.165, 1.54) is 29.7 Å². The van der Waals surface area contributed by atoms with Gasteiger partial charge in [0.1, 0.15) is 0 Å². The number of allylic oxidation sites excluding steroid dienone is 3. The largest absolute Gasteiger partial charge is 0.384 e. The van der Waals surface area contributed by atoms with Crippen LogP contribution in [0.3, 0.4) is 0 Å². The standard InChI is InChI=1S/C26H34N2/c1-4-12-25(5-2)28-19-17-26(18-20-28,24-15-10-7-11-16-24)22(3)27-21-23-13-8-6-9-14-23/h5-11,13-16,27H,3-4,12,17-21H2,1-2H3/b25-5+. The second-order valence-electron chi connectivity index (χ2n) is 7.78. The van der Waals surface area contributed by atoms with Crippen molar-refractivity contribution in [2.45, 2.75) is 51.5 Å². The first kappa shape index (κ1) is 20.3. The SMILES string of the molecule is C=C(NCc1ccccc1)C1(c2ccccc2)CCN(/C(=C/C)CCC)CC1. The molecule has 0 aliphatic carbocycles. The van der Waals surface area contributed by atoms with Crippen LogP contribution in [0.5, 0.6) is 0 Å². The average Bonchev–Trinajstić information content (AvgIpc) is 2.77. The predicted molar refractivity (Wildman–Crippen MR) is 120 cm³/mol. The van der Waals surface area contributed by atoms with Crippen molar-refractivity contribution in [3.8, 4) is 0 Å². The van der Waals surface area contributed by atoms with Crippen LogP contribution < -0.4 is 5.32 Å². The molecule has 1 N–H and O–H groups in total. The second-order valence-corrected chi connectivity index (χ2v) is 7.78. The van der Waals surface area contributed by atoms with Crippen molar-refractivity contribution >= 4 is 0 Å². The monoisotopic (exact) mass is 374 g/mol. The number of likely N-dealkylation sites (tertiary alicyclic amines) is 1. The van der Waals surface area contributed by atoms with Crippen LogP contribution >= 0.6 is 0 Å². The van der Waals surface area contributed by atoms with Crippen molar-refractivity contribution in [1.82, 2.24) is 10.2 Å². The molecule has 0 radical (unpaired) electrons. The van der Waals surface area contributed by atoms with Crippen LogP contribution in [0, 0.1) is 0 Å². The maximum atomic E-state index is 4.52. The zero-order valence-electron chi connectivity index (χ0n) is 17.5. The summed E-state index contributed by atoms with van der Waals surface area (Å²) in [7, 11) is 0. The highest BCUT2D eigenvalue weighted by atomic mass is 15.1. The van der Waals surface area contributed by atoms with E-state index in [9.17, 15) is 0 Å². The van der Waals surface area contributed by atoms with Gasteiger partial charge in [0.2, 0.25) is 0 Å². The molecule has 1 saturated heterocycles. The summed E-state index contributed by atoms with van der Waals surface area (Å²) >= 11 is 0. The Morgan fingerprint density at radius 3 is 2.21 bits per heavy atom. The molecule has 1 aliphatic heterocycles. The quantitative estimate of drug-likeness (QED) is 0.607. The molecule has 0 atom stereocenters. The van der Waals surface area contributed by atoms with E-state index in [-0.39, 0.29) is 5.41 Å². The highest BCUT2D eigenvalue weighted by Gasteiger charge is 2.39. The van der Waals surface area contributed by atoms with Gasteiger partial charge in [-0.1, -0.05) is 86.7 Å². The first-order valence-corrected chi connectivity index (χ1v) is 10.6. The van der Waals surface area contributed by atoms with E-state index in [0.29, 0.717) is 0 Å². The fraction of sp³-hybridized carbons (Fsp3) is 0.385. The third-order valence-electron chi connectivity index (χ3n) is 6.12. The van der Waals surface area contributed by atoms with Gasteiger partial charge in [0.15, 0.2) is 0 Å². The molecule has 1 heterocycles. The summed E-state index contributed by atoms with van der Waals surface area (Å²) in [6.45, 7) is 12.0. The third-order valence-corrected chi connectivity index (χ3v) is 6.12. The fourth-order valence-electron chi connectivity index (χ4n) is 4.41. The third kappa shape index (κ3) is 4.49. The zero-order chi connectivity index (χ0) is 19.8. The highest BCUT2D eigenvalue weighted by molar-refractivity contribution is 5.36. The minimum absolute atomic E-state index is 0.00237. The van der Waals surface area contributed by atoms with Gasteiger partial charge in [0, 0.05) is 36.4 Å². The number of nitrogens with one attached hydrogen (secondary N) is 1. The molecule has 0 unspecified atom stereocenters. The summed E-state index contributed by atoms with van der Waals surface area (Å²) in [5.41, 5.74) is 5.32. The second kappa shape index (κ2) is 9.64. The van der Waals surface area contributed by atoms with Crippen molar-refractivity contribution in [2.24, 2.45) is 0 Å². The summed E-state index contributed by atoms with van der Waals surface area (Å²) in [4.78, 5) is 2.58. The minimum atomic E-state index is -0.00237. The molecule has 0 aromatic heterocycles. The Hall–Kier alpha value is -2.48. The molecule has 0 saturated carbocycles. The molecule has 2 heteroatoms. The first-order chi connectivity index (χ1) is 13.7. The van der Waals surface area contributed by atoms with E-state index in [2.05, 4.69) is 97.4 Å². The number of nitrogens with zero attached hydrogens (tertiary/aromatic N) is 1. The van der Waals surface area contributed by atoms with Gasteiger partial charge in [0.05, 0.1) is 0 Å². The maximum Gasteiger partial charge on any atom is 0.0397 e. The Bertz CT molecular complexity index is 769. The summed E-state index contributed by atoms with van der Waals surface area (Å²) in [5, 5.41) is 3.66. The average molecular weight is 375 g/mol. The van der Waals surface area contributed by atoms with Crippen LogP contribution in [0.15, 0.2) is 84.7 Å². The van der Waals surface area contributed by atoms with Crippen LogP contribution in [0.4, 0.5) is 0 Å². The lowest BCUT2D eigenvalue weighted by atomic mass is 9.70. The summed E-state index contributed by atoms with van der Waals surface area (Å²) in [5.74, 6) is 0. The summed E-state index contributed by atoms with van der Waals surface area (Å²) in [6.07, 6.45) is 6.85. The number of piperidine rings is 1. The molecule has 0 amide bonds. The van der Waals surface area contributed by atoms with Crippen LogP contribution in [0.2, 0.25) is 0 Å². The van der Waals surface area contributed by atoms with E-state index < -0.39 is 0 Å². The van der Waals surface area contributed by atoms with Gasteiger partial charge >= 0.3 is 0 Å². The predicted octanol–water partition coefficient (Wildman–Crippen LogP) is 6.03. The van der Waals surface area contributed by atoms with Crippen LogP contribution in [-0.2, 0) is 12.0 Å². The van der Waals surface area contributed by atoms with Crippen molar-refractivity contribution in [1.29, 1.82) is 0 Å². The number of hydrogen-bond acceptors (Lipinski definition) is 2. The molecule has 3 rings (SSSR count). The van der Waals surface area contributed by atoms with Crippen molar-refractivity contribution in [3.05, 3.63) is 95.8 Å². The molecule has 1 fully saturated rings. The number of rotatable bonds is 8. The number of benzene rings is 2. The summed E-state index contributed by atoms with van der Waals surface area (Å²) < 4.78 is 0. The topological polar surface area (TPSA) is 15.3 Å². The van der Waals surface area contributed by atoms with Crippen LogP contribution in [0.25, 0.3) is 0 Å². The van der Waals surface area contributed by atoms with Gasteiger partial charge in [0.25, 0.3) is 0 Å². The zero-order valence-corrected chi connectivity index (χ0v) is 17.5. The lowest BCUT2D eigenvalue weighted by Crippen LogP contribution is -2.45. The Balaban J connectivity index is 1.77. The maximum absolute atomic E-state index is 4.52. The van der Waals surface area contributed by atoms with Gasteiger partial charge in [-0.2, -0.15) is 0 Å². The van der Waals surface area contributed by atoms with Crippen LogP contribution in [0.1, 0.15) is 50.7 Å². The molecule has 28 heavy (non-hydrogen) atoms. The normalized spacial score (nSPS) is 16.6. The lowest BCUT2D eigenvalue weighted by Gasteiger charge is -2.45. The van der Waals surface area contributed by atoms with E-state index in [1.54, 1.807) is 0 Å². The first-order valence-electron chi connectivity index (χ1n) is 10.6. The molecule has 2 nitrogen and oxygen atoms in total. The van der Waals surface area contributed by atoms with Gasteiger partial charge in [-0.15, -0.1) is 0 Å². The minimum Gasteiger partial charge on any atom is -0.384 e. The lowest BCUT2D eigenvalue weighted by molar-refractivity contribution is 0.205. The van der Waals surface area contributed by atoms with E-state index >= 15 is 0 Å². The van der Waals surface area contributed by atoms with Crippen molar-refractivity contribution < 1.29 is 0 Å². The molecule has 0 spiro atoms. The Morgan fingerprint density at radius 2 is 1.64 bits per heavy atom. The van der Waals surface area contributed by atoms with E-state index in [4.69, 9.17) is 0 Å². The van der Waals surface area contributed by atoms with Gasteiger partial charge in [-0.25, -0.2) is 0 Å². The van der Waals surface area contributed by atoms with Gasteiger partial charge < -0.3 is 10.2 Å². The molecule has 2 aromatic carbocycles. The van der Waals surface area contributed by atoms with Gasteiger partial charge in [-0.3, -0.25) is 0 Å². The van der Waals surface area contributed by atoms with E-state index in [1.807, 2.05) is 0 Å². The Kier molecular flexibility index (Phi) is 6.97. The van der Waals surface area contributed by atoms with Crippen LogP contribution in [-0.4, -0.2) is 18.0 Å². The van der Waals surface area contributed by atoms with Crippen molar-refractivity contribution in [3.63, 3.8) is 0 Å². The van der Waals surface area contributed by atoms with Crippen molar-refractivity contribution in [2.75, 3.05) is 13.1 Å². The molecule has 1 aliphatic rings. The molecular weight excluding hydrogens is 340 g/mol. The Labute approximate surface area is 171 Å². The van der Waals surface area contributed by atoms with E-state index in [0.717, 1.165) is 38.2 Å². The fourth-order valence-corrected chi connectivity index (χ4v) is 4.41. The highest BCUT2D eigenvalue weighted by Crippen LogP contribution is 2.41. The number of hydrogen-bond donors (Lipinski definition) is 1. The molecule has 148 valence electrons. The smallest absolute Gasteiger partial charge is 0.0397 e. The molecule has 0 bridgehead atoms. The van der Waals surface area contributed by atoms with Gasteiger partial charge in [-0.05, 0) is 37.3 Å². The Morgan fingerprint density at radius 1 is 1.04 bits per heavy atom. The summed E-state index contributed by atoms with van der Waals surface area (Å²) in [6, 6.07) is 21.5.